The monoisotopic (exact) mass is 769 g/mol. The summed E-state index contributed by atoms with van der Waals surface area (Å²) in [6, 6.07) is 16.2. The average molecular weight is 770 g/mol. The van der Waals surface area contributed by atoms with Gasteiger partial charge in [0.15, 0.2) is 0 Å². The van der Waals surface area contributed by atoms with Gasteiger partial charge in [-0.25, -0.2) is 17.6 Å². The standard InChI is InChI=1S/C42H54F4N4O3P/c43-37-19-15-33(16-20-37)11-5-1-3-7-13-35-29-49-39(27-41(35)45)31-47-23-9-25-52-54(51)53-26-10-24-48-32-40-28-42(46)36(30-50-40)14-8-4-2-6-12-34-17-21-38(44)22-18-34/h15-22,27-30,47-48H,1-14,23-26,31-32H2/q+1. The van der Waals surface area contributed by atoms with Gasteiger partial charge in [0.1, 0.15) is 36.5 Å². The Morgan fingerprint density at radius 3 is 1.30 bits per heavy atom. The summed E-state index contributed by atoms with van der Waals surface area (Å²) in [7, 11) is -2.22. The maximum atomic E-state index is 14.6. The molecule has 0 aliphatic heterocycles. The molecule has 0 unspecified atom stereocenters. The van der Waals surface area contributed by atoms with E-state index in [4.69, 9.17) is 9.05 Å². The molecule has 2 heterocycles. The molecule has 0 aliphatic rings. The van der Waals surface area contributed by atoms with Gasteiger partial charge in [-0.15, -0.1) is 9.05 Å². The average Bonchev–Trinajstić information content (AvgIpc) is 3.16. The van der Waals surface area contributed by atoms with E-state index < -0.39 is 8.25 Å². The lowest BCUT2D eigenvalue weighted by atomic mass is 10.0. The van der Waals surface area contributed by atoms with E-state index in [0.717, 1.165) is 75.3 Å². The lowest BCUT2D eigenvalue weighted by Gasteiger charge is -2.07. The number of nitrogens with one attached hydrogen (secondary N) is 2. The van der Waals surface area contributed by atoms with Gasteiger partial charge in [0.05, 0.1) is 11.4 Å². The first-order chi connectivity index (χ1) is 26.4. The molecule has 0 fully saturated rings. The number of hydrogen-bond donors (Lipinski definition) is 2. The first kappa shape index (κ1) is 43.1. The first-order valence-electron chi connectivity index (χ1n) is 19.3. The van der Waals surface area contributed by atoms with Gasteiger partial charge in [-0.2, -0.15) is 0 Å². The Morgan fingerprint density at radius 2 is 0.907 bits per heavy atom. The summed E-state index contributed by atoms with van der Waals surface area (Å²) in [4.78, 5) is 8.78. The zero-order chi connectivity index (χ0) is 38.2. The molecule has 0 atom stereocenters. The number of nitrogens with zero attached hydrogens (tertiary/aromatic N) is 2. The van der Waals surface area contributed by atoms with Crippen molar-refractivity contribution in [3.05, 3.63) is 130 Å². The Balaban J connectivity index is 0.937. The third-order valence-electron chi connectivity index (χ3n) is 9.12. The summed E-state index contributed by atoms with van der Waals surface area (Å²) < 4.78 is 77.7. The number of benzene rings is 2. The Bertz CT molecular complexity index is 1540. The molecule has 2 aromatic heterocycles. The van der Waals surface area contributed by atoms with Crippen LogP contribution in [0.15, 0.2) is 73.1 Å². The minimum atomic E-state index is -2.22. The highest BCUT2D eigenvalue weighted by atomic mass is 31.1. The fourth-order valence-electron chi connectivity index (χ4n) is 6.00. The van der Waals surface area contributed by atoms with E-state index in [1.807, 2.05) is 24.3 Å². The van der Waals surface area contributed by atoms with Crippen LogP contribution in [0.4, 0.5) is 17.6 Å². The van der Waals surface area contributed by atoms with Crippen LogP contribution >= 0.6 is 8.25 Å². The van der Waals surface area contributed by atoms with Gasteiger partial charge in [-0.05, 0) is 125 Å². The molecule has 4 aromatic rings. The third kappa shape index (κ3) is 17.7. The van der Waals surface area contributed by atoms with Gasteiger partial charge in [0.2, 0.25) is 0 Å². The summed E-state index contributed by atoms with van der Waals surface area (Å²) in [5, 5.41) is 6.40. The fraction of sp³-hybridized carbons (Fsp3) is 0.476. The molecule has 7 nitrogen and oxygen atoms in total. The van der Waals surface area contributed by atoms with Crippen molar-refractivity contribution in [3.63, 3.8) is 0 Å². The second-order valence-electron chi connectivity index (χ2n) is 13.6. The van der Waals surface area contributed by atoms with Crippen molar-refractivity contribution < 1.29 is 31.2 Å². The Kier molecular flexibility index (Phi) is 20.3. The lowest BCUT2D eigenvalue weighted by molar-refractivity contribution is 0.220. The second-order valence-corrected chi connectivity index (χ2v) is 14.5. The SMILES string of the molecule is O=[P+](OCCCNCc1cc(F)c(CCCCCCc2ccc(F)cc2)cn1)OCCCNCc1cc(F)c(CCCCCCc2ccc(F)cc2)cn1. The zero-order valence-electron chi connectivity index (χ0n) is 31.1. The van der Waals surface area contributed by atoms with Crippen LogP contribution in [-0.2, 0) is 52.4 Å². The third-order valence-corrected chi connectivity index (χ3v) is 9.91. The maximum absolute atomic E-state index is 14.6. The van der Waals surface area contributed by atoms with Gasteiger partial charge >= 0.3 is 8.25 Å². The van der Waals surface area contributed by atoms with E-state index in [1.54, 1.807) is 12.4 Å². The van der Waals surface area contributed by atoms with Crippen LogP contribution < -0.4 is 10.6 Å². The molecule has 2 aromatic carbocycles. The predicted octanol–water partition coefficient (Wildman–Crippen LogP) is 10.1. The van der Waals surface area contributed by atoms with Crippen LogP contribution in [0.2, 0.25) is 0 Å². The summed E-state index contributed by atoms with van der Waals surface area (Å²) in [5.74, 6) is -0.916. The summed E-state index contributed by atoms with van der Waals surface area (Å²) in [5.41, 5.74) is 4.75. The Labute approximate surface area is 318 Å². The molecule has 4 rings (SSSR count). The number of unbranched alkanes of at least 4 members (excludes halogenated alkanes) is 6. The van der Waals surface area contributed by atoms with E-state index in [0.29, 0.717) is 74.4 Å². The van der Waals surface area contributed by atoms with Crippen LogP contribution in [-0.4, -0.2) is 36.3 Å². The number of rotatable bonds is 28. The molecule has 54 heavy (non-hydrogen) atoms. The van der Waals surface area contributed by atoms with Gasteiger partial charge in [0, 0.05) is 41.2 Å². The first-order valence-corrected chi connectivity index (χ1v) is 20.4. The van der Waals surface area contributed by atoms with Crippen molar-refractivity contribution in [1.29, 1.82) is 0 Å². The number of pyridine rings is 2. The van der Waals surface area contributed by atoms with Gasteiger partial charge < -0.3 is 10.6 Å². The molecule has 292 valence electrons. The second kappa shape index (κ2) is 25.5. The minimum Gasteiger partial charge on any atom is -0.311 e. The van der Waals surface area contributed by atoms with Crippen LogP contribution in [0.25, 0.3) is 0 Å². The van der Waals surface area contributed by atoms with Crippen LogP contribution in [0.5, 0.6) is 0 Å². The van der Waals surface area contributed by atoms with Crippen molar-refractivity contribution in [1.82, 2.24) is 20.6 Å². The van der Waals surface area contributed by atoms with E-state index >= 15 is 0 Å². The molecule has 0 saturated carbocycles. The Hall–Kier alpha value is -3.60. The molecule has 2 N–H and O–H groups in total. The smallest absolute Gasteiger partial charge is 0.311 e. The molecule has 12 heteroatoms. The fourth-order valence-corrected chi connectivity index (χ4v) is 6.63. The summed E-state index contributed by atoms with van der Waals surface area (Å²) in [6.07, 6.45) is 15.5. The minimum absolute atomic E-state index is 0.218. The van der Waals surface area contributed by atoms with Crippen LogP contribution in [0.1, 0.15) is 97.8 Å². The number of hydrogen-bond acceptors (Lipinski definition) is 7. The largest absolute Gasteiger partial charge is 0.697 e. The van der Waals surface area contributed by atoms with E-state index in [9.17, 15) is 22.1 Å². The Morgan fingerprint density at radius 1 is 0.519 bits per heavy atom. The van der Waals surface area contributed by atoms with Crippen molar-refractivity contribution in [2.45, 2.75) is 103 Å². The predicted molar refractivity (Wildman–Crippen MR) is 205 cm³/mol. The number of aromatic nitrogens is 2. The van der Waals surface area contributed by atoms with E-state index in [-0.39, 0.29) is 36.5 Å². The van der Waals surface area contributed by atoms with Crippen LogP contribution in [0.3, 0.4) is 0 Å². The maximum Gasteiger partial charge on any atom is 0.697 e. The van der Waals surface area contributed by atoms with E-state index in [1.165, 1.54) is 36.4 Å². The summed E-state index contributed by atoms with van der Waals surface area (Å²) >= 11 is 0. The van der Waals surface area contributed by atoms with Gasteiger partial charge in [-0.3, -0.25) is 9.97 Å². The number of aryl methyl sites for hydroxylation is 4. The van der Waals surface area contributed by atoms with Crippen molar-refractivity contribution in [3.8, 4) is 0 Å². The topological polar surface area (TPSA) is 85.4 Å². The molecule has 0 bridgehead atoms. The molecular formula is C42H54F4N4O3P+. The lowest BCUT2D eigenvalue weighted by Crippen LogP contribution is -2.17. The summed E-state index contributed by atoms with van der Waals surface area (Å²) in [6.45, 7) is 2.54. The van der Waals surface area contributed by atoms with Gasteiger partial charge in [0.25, 0.3) is 0 Å². The van der Waals surface area contributed by atoms with Crippen molar-refractivity contribution >= 4 is 8.25 Å². The number of halogens is 4. The van der Waals surface area contributed by atoms with E-state index in [2.05, 4.69) is 20.6 Å². The highest BCUT2D eigenvalue weighted by Crippen LogP contribution is 2.23. The molecular weight excluding hydrogens is 715 g/mol. The zero-order valence-corrected chi connectivity index (χ0v) is 32.0. The van der Waals surface area contributed by atoms with Crippen molar-refractivity contribution in [2.75, 3.05) is 26.3 Å². The van der Waals surface area contributed by atoms with Crippen LogP contribution in [0, 0.1) is 23.3 Å². The molecule has 0 amide bonds. The molecule has 0 aliphatic carbocycles. The quantitative estimate of drug-likeness (QED) is 0.0338. The van der Waals surface area contributed by atoms with Crippen molar-refractivity contribution in [2.24, 2.45) is 0 Å². The van der Waals surface area contributed by atoms with Gasteiger partial charge in [-0.1, -0.05) is 49.9 Å². The highest BCUT2D eigenvalue weighted by molar-refractivity contribution is 7.33. The highest BCUT2D eigenvalue weighted by Gasteiger charge is 2.19. The molecule has 0 radical (unpaired) electrons. The molecule has 0 spiro atoms. The molecule has 0 saturated heterocycles. The normalized spacial score (nSPS) is 11.3.